The molecule has 2 aliphatic rings. The number of fused-ring (bicyclic) bond motifs is 1. The molecular formula is C20H18F5N5O2S. The molecule has 1 saturated heterocycles. The lowest BCUT2D eigenvalue weighted by Crippen LogP contribution is -2.46. The van der Waals surface area contributed by atoms with E-state index in [-0.39, 0.29) is 33.6 Å². The Morgan fingerprint density at radius 1 is 1.33 bits per heavy atom. The predicted molar refractivity (Wildman–Crippen MR) is 111 cm³/mol. The Kier molecular flexibility index (Phi) is 6.03. The summed E-state index contributed by atoms with van der Waals surface area (Å²) in [5.41, 5.74) is 3.94. The minimum Gasteiger partial charge on any atom is -0.379 e. The molecule has 33 heavy (non-hydrogen) atoms. The van der Waals surface area contributed by atoms with Crippen LogP contribution in [-0.4, -0.2) is 45.7 Å². The summed E-state index contributed by atoms with van der Waals surface area (Å²) < 4.78 is 73.8. The molecule has 13 heteroatoms. The number of anilines is 1. The predicted octanol–water partition coefficient (Wildman–Crippen LogP) is 3.73. The number of hydrogen-bond donors (Lipinski definition) is 2. The van der Waals surface area contributed by atoms with E-state index in [9.17, 15) is 26.7 Å². The molecule has 0 radical (unpaired) electrons. The summed E-state index contributed by atoms with van der Waals surface area (Å²) in [7, 11) is 0. The number of benzene rings is 1. The SMILES string of the molecule is CC(F)c1cnc(C(=O)Nc2ccc(F)c([C@]34CO[C@H](C(F)(F)F)[C@H]3CSC(N)=N4)c2)cn1. The number of nitrogens with zero attached hydrogens (tertiary/aromatic N) is 3. The average Bonchev–Trinajstić information content (AvgIpc) is 3.15. The van der Waals surface area contributed by atoms with Crippen LogP contribution in [-0.2, 0) is 10.3 Å². The van der Waals surface area contributed by atoms with Gasteiger partial charge in [0.25, 0.3) is 5.91 Å². The molecule has 0 saturated carbocycles. The Hall–Kier alpha value is -2.80. The van der Waals surface area contributed by atoms with Crippen LogP contribution in [0.2, 0.25) is 0 Å². The summed E-state index contributed by atoms with van der Waals surface area (Å²) in [4.78, 5) is 24.4. The number of ether oxygens (including phenoxy) is 1. The van der Waals surface area contributed by atoms with Crippen molar-refractivity contribution in [3.63, 3.8) is 0 Å². The third-order valence-corrected chi connectivity index (χ3v) is 6.42. The lowest BCUT2D eigenvalue weighted by Gasteiger charge is -2.36. The molecule has 3 N–H and O–H groups in total. The standard InChI is InChI=1S/C20H18F5N5O2S/c1-9(21)14-5-28-15(6-27-14)17(31)29-10-2-3-13(22)11(4-10)19-8-32-16(20(23,24)25)12(19)7-33-18(26)30-19/h2-6,9,12,16H,7-8H2,1H3,(H2,26,30)(H,29,31)/t9?,12-,16+,19-/m1/s1. The molecule has 4 atom stereocenters. The zero-order valence-corrected chi connectivity index (χ0v) is 17.9. The van der Waals surface area contributed by atoms with Crippen molar-refractivity contribution in [1.82, 2.24) is 9.97 Å². The molecule has 0 aliphatic carbocycles. The van der Waals surface area contributed by atoms with Crippen LogP contribution in [0.15, 0.2) is 35.6 Å². The van der Waals surface area contributed by atoms with E-state index in [1.54, 1.807) is 0 Å². The van der Waals surface area contributed by atoms with E-state index >= 15 is 0 Å². The molecule has 0 bridgehead atoms. The summed E-state index contributed by atoms with van der Waals surface area (Å²) in [5, 5.41) is 2.51. The highest BCUT2D eigenvalue weighted by molar-refractivity contribution is 8.13. The van der Waals surface area contributed by atoms with Gasteiger partial charge in [-0.3, -0.25) is 9.78 Å². The van der Waals surface area contributed by atoms with Crippen LogP contribution in [0, 0.1) is 11.7 Å². The molecule has 0 spiro atoms. The minimum absolute atomic E-state index is 0.0176. The van der Waals surface area contributed by atoms with Crippen LogP contribution in [0.4, 0.5) is 27.6 Å². The Bertz CT molecular complexity index is 1100. The maximum Gasteiger partial charge on any atom is 0.415 e. The Morgan fingerprint density at radius 2 is 2.09 bits per heavy atom. The number of nitrogens with one attached hydrogen (secondary N) is 1. The zero-order chi connectivity index (χ0) is 24.0. The van der Waals surface area contributed by atoms with E-state index in [0.29, 0.717) is 0 Å². The number of thioether (sulfide) groups is 1. The highest BCUT2D eigenvalue weighted by Gasteiger charge is 2.62. The first-order valence-corrected chi connectivity index (χ1v) is 10.7. The van der Waals surface area contributed by atoms with Gasteiger partial charge in [-0.25, -0.2) is 18.8 Å². The number of rotatable bonds is 4. The van der Waals surface area contributed by atoms with Gasteiger partial charge >= 0.3 is 6.18 Å². The highest BCUT2D eigenvalue weighted by Crippen LogP contribution is 2.52. The van der Waals surface area contributed by atoms with Crippen molar-refractivity contribution in [1.29, 1.82) is 0 Å². The van der Waals surface area contributed by atoms with E-state index in [0.717, 1.165) is 30.2 Å². The second kappa shape index (κ2) is 8.52. The first kappa shape index (κ1) is 23.4. The summed E-state index contributed by atoms with van der Waals surface area (Å²) in [6.45, 7) is 0.747. The molecule has 1 unspecified atom stereocenters. The summed E-state index contributed by atoms with van der Waals surface area (Å²) >= 11 is 0.942. The molecule has 3 heterocycles. The summed E-state index contributed by atoms with van der Waals surface area (Å²) in [6, 6.07) is 3.47. The van der Waals surface area contributed by atoms with Gasteiger partial charge in [0.05, 0.1) is 24.7 Å². The molecular weight excluding hydrogens is 469 g/mol. The summed E-state index contributed by atoms with van der Waals surface area (Å²) in [6.07, 6.45) is -5.96. The second-order valence-corrected chi connectivity index (χ2v) is 8.70. The van der Waals surface area contributed by atoms with Gasteiger partial charge in [0.2, 0.25) is 0 Å². The van der Waals surface area contributed by atoms with E-state index in [4.69, 9.17) is 10.5 Å². The van der Waals surface area contributed by atoms with E-state index in [1.807, 2.05) is 0 Å². The van der Waals surface area contributed by atoms with Gasteiger partial charge in [-0.15, -0.1) is 0 Å². The lowest BCUT2D eigenvalue weighted by molar-refractivity contribution is -0.215. The van der Waals surface area contributed by atoms with E-state index in [1.165, 1.54) is 19.1 Å². The Morgan fingerprint density at radius 3 is 2.73 bits per heavy atom. The van der Waals surface area contributed by atoms with Gasteiger partial charge in [0.1, 0.15) is 23.2 Å². The first-order chi connectivity index (χ1) is 15.5. The molecule has 176 valence electrons. The largest absolute Gasteiger partial charge is 0.415 e. The normalized spacial score (nSPS) is 25.8. The van der Waals surface area contributed by atoms with Crippen LogP contribution in [0.5, 0.6) is 0 Å². The van der Waals surface area contributed by atoms with Crippen molar-refractivity contribution in [2.75, 3.05) is 17.7 Å². The molecule has 2 aliphatic heterocycles. The Labute approximate surface area is 189 Å². The number of amidine groups is 1. The van der Waals surface area contributed by atoms with Crippen molar-refractivity contribution < 1.29 is 31.5 Å². The highest BCUT2D eigenvalue weighted by atomic mass is 32.2. The minimum atomic E-state index is -4.67. The van der Waals surface area contributed by atoms with Gasteiger partial charge in [-0.1, -0.05) is 11.8 Å². The second-order valence-electron chi connectivity index (χ2n) is 7.66. The van der Waals surface area contributed by atoms with Crippen LogP contribution < -0.4 is 11.1 Å². The maximum atomic E-state index is 14.9. The van der Waals surface area contributed by atoms with Crippen molar-refractivity contribution in [2.45, 2.75) is 30.9 Å². The quantitative estimate of drug-likeness (QED) is 0.638. The number of halogens is 5. The molecule has 1 aromatic heterocycles. The number of nitrogens with two attached hydrogens (primary N) is 1. The smallest absolute Gasteiger partial charge is 0.379 e. The molecule has 1 fully saturated rings. The van der Waals surface area contributed by atoms with Gasteiger partial charge in [-0.05, 0) is 25.1 Å². The fraction of sp³-hybridized carbons (Fsp3) is 0.400. The molecule has 2 aromatic rings. The number of hydrogen-bond acceptors (Lipinski definition) is 7. The maximum absolute atomic E-state index is 14.9. The molecule has 1 amide bonds. The number of aromatic nitrogens is 2. The van der Waals surface area contributed by atoms with Crippen LogP contribution in [0.25, 0.3) is 0 Å². The monoisotopic (exact) mass is 487 g/mol. The van der Waals surface area contributed by atoms with Gasteiger partial charge < -0.3 is 15.8 Å². The fourth-order valence-electron chi connectivity index (χ4n) is 3.89. The third-order valence-electron chi connectivity index (χ3n) is 5.51. The number of amides is 1. The number of aliphatic imine (C=N–C) groups is 1. The van der Waals surface area contributed by atoms with Crippen molar-refractivity contribution in [3.05, 3.63) is 53.4 Å². The van der Waals surface area contributed by atoms with Crippen molar-refractivity contribution >= 4 is 28.5 Å². The molecule has 1 aromatic carbocycles. The molecule has 4 rings (SSSR count). The topological polar surface area (TPSA) is 102 Å². The lowest BCUT2D eigenvalue weighted by atomic mass is 9.78. The average molecular weight is 487 g/mol. The van der Waals surface area contributed by atoms with Crippen LogP contribution in [0.3, 0.4) is 0 Å². The van der Waals surface area contributed by atoms with Crippen LogP contribution in [0.1, 0.15) is 34.8 Å². The Balaban J connectivity index is 1.66. The summed E-state index contributed by atoms with van der Waals surface area (Å²) in [5.74, 6) is -2.81. The van der Waals surface area contributed by atoms with Gasteiger partial charge in [-0.2, -0.15) is 13.2 Å². The number of alkyl halides is 4. The van der Waals surface area contributed by atoms with Crippen molar-refractivity contribution in [3.8, 4) is 0 Å². The zero-order valence-electron chi connectivity index (χ0n) is 17.1. The number of carbonyl (C=O) groups excluding carboxylic acids is 1. The van der Waals surface area contributed by atoms with Gasteiger partial charge in [0.15, 0.2) is 11.3 Å². The van der Waals surface area contributed by atoms with Crippen LogP contribution >= 0.6 is 11.8 Å². The number of carbonyl (C=O) groups is 1. The van der Waals surface area contributed by atoms with Crippen molar-refractivity contribution in [2.24, 2.45) is 16.6 Å². The van der Waals surface area contributed by atoms with E-state index < -0.39 is 48.2 Å². The fourth-order valence-corrected chi connectivity index (χ4v) is 4.91. The molecule has 7 nitrogen and oxygen atoms in total. The third kappa shape index (κ3) is 4.38. The van der Waals surface area contributed by atoms with E-state index in [2.05, 4.69) is 20.3 Å². The first-order valence-electron chi connectivity index (χ1n) is 9.75. The van der Waals surface area contributed by atoms with Gasteiger partial charge in [0, 0.05) is 22.9 Å².